The summed E-state index contributed by atoms with van der Waals surface area (Å²) in [4.78, 5) is 14.7. The summed E-state index contributed by atoms with van der Waals surface area (Å²) in [5.74, 6) is 1.11. The number of carbonyl (C=O) groups excluding carboxylic acids is 1. The van der Waals surface area contributed by atoms with Gasteiger partial charge in [-0.2, -0.15) is 0 Å². The SMILES string of the molecule is COc1ccc(C2CCCN2C(=O)CCc2ccccc2)cc1. The number of ether oxygens (including phenoxy) is 1. The van der Waals surface area contributed by atoms with Crippen LogP contribution in [0.25, 0.3) is 0 Å². The molecular formula is C20H23NO2. The van der Waals surface area contributed by atoms with E-state index in [1.807, 2.05) is 35.2 Å². The van der Waals surface area contributed by atoms with Crippen molar-refractivity contribution in [3.8, 4) is 5.75 Å². The monoisotopic (exact) mass is 309 g/mol. The van der Waals surface area contributed by atoms with Crippen molar-refractivity contribution >= 4 is 5.91 Å². The van der Waals surface area contributed by atoms with Gasteiger partial charge in [-0.3, -0.25) is 4.79 Å². The lowest BCUT2D eigenvalue weighted by Gasteiger charge is -2.25. The predicted molar refractivity (Wildman–Crippen MR) is 91.4 cm³/mol. The highest BCUT2D eigenvalue weighted by molar-refractivity contribution is 5.77. The van der Waals surface area contributed by atoms with Gasteiger partial charge in [-0.1, -0.05) is 42.5 Å². The average molecular weight is 309 g/mol. The number of rotatable bonds is 5. The van der Waals surface area contributed by atoms with Gasteiger partial charge in [0.2, 0.25) is 5.91 Å². The van der Waals surface area contributed by atoms with Gasteiger partial charge in [-0.25, -0.2) is 0 Å². The Morgan fingerprint density at radius 3 is 2.57 bits per heavy atom. The molecule has 3 heteroatoms. The first-order valence-electron chi connectivity index (χ1n) is 8.25. The lowest BCUT2D eigenvalue weighted by molar-refractivity contribution is -0.132. The van der Waals surface area contributed by atoms with E-state index in [0.717, 1.165) is 31.6 Å². The van der Waals surface area contributed by atoms with Gasteiger partial charge in [-0.15, -0.1) is 0 Å². The van der Waals surface area contributed by atoms with Crippen LogP contribution in [-0.4, -0.2) is 24.5 Å². The van der Waals surface area contributed by atoms with Gasteiger partial charge >= 0.3 is 0 Å². The van der Waals surface area contributed by atoms with E-state index < -0.39 is 0 Å². The third-order valence-corrected chi connectivity index (χ3v) is 4.54. The molecule has 0 saturated carbocycles. The van der Waals surface area contributed by atoms with Crippen LogP contribution in [0.5, 0.6) is 5.75 Å². The minimum atomic E-state index is 0.212. The highest BCUT2D eigenvalue weighted by Crippen LogP contribution is 2.33. The van der Waals surface area contributed by atoms with Gasteiger partial charge in [0.25, 0.3) is 0 Å². The first-order valence-corrected chi connectivity index (χ1v) is 8.25. The topological polar surface area (TPSA) is 29.5 Å². The molecule has 3 nitrogen and oxygen atoms in total. The minimum Gasteiger partial charge on any atom is -0.497 e. The average Bonchev–Trinajstić information content (AvgIpc) is 3.10. The summed E-state index contributed by atoms with van der Waals surface area (Å²) in [6, 6.07) is 18.5. The summed E-state index contributed by atoms with van der Waals surface area (Å²) in [7, 11) is 1.67. The van der Waals surface area contributed by atoms with Gasteiger partial charge in [0.1, 0.15) is 5.75 Å². The molecule has 2 aromatic rings. The fraction of sp³-hybridized carbons (Fsp3) is 0.350. The van der Waals surface area contributed by atoms with E-state index in [1.54, 1.807) is 7.11 Å². The molecule has 1 aliphatic rings. The number of methoxy groups -OCH3 is 1. The first kappa shape index (κ1) is 15.6. The Morgan fingerprint density at radius 1 is 1.13 bits per heavy atom. The number of carbonyl (C=O) groups is 1. The Hall–Kier alpha value is -2.29. The Morgan fingerprint density at radius 2 is 1.87 bits per heavy atom. The first-order chi connectivity index (χ1) is 11.3. The second-order valence-corrected chi connectivity index (χ2v) is 6.00. The molecule has 1 atom stereocenters. The van der Waals surface area contributed by atoms with Gasteiger partial charge in [-0.05, 0) is 42.5 Å². The smallest absolute Gasteiger partial charge is 0.223 e. The molecule has 1 aliphatic heterocycles. The normalized spacial score (nSPS) is 17.3. The van der Waals surface area contributed by atoms with Crippen molar-refractivity contribution < 1.29 is 9.53 Å². The van der Waals surface area contributed by atoms with Crippen molar-refractivity contribution in [1.82, 2.24) is 4.90 Å². The summed E-state index contributed by atoms with van der Waals surface area (Å²) in [6.45, 7) is 0.865. The zero-order valence-electron chi connectivity index (χ0n) is 13.6. The van der Waals surface area contributed by atoms with Crippen LogP contribution in [0.15, 0.2) is 54.6 Å². The number of benzene rings is 2. The number of nitrogens with zero attached hydrogens (tertiary/aromatic N) is 1. The van der Waals surface area contributed by atoms with E-state index in [2.05, 4.69) is 24.3 Å². The van der Waals surface area contributed by atoms with E-state index in [4.69, 9.17) is 4.74 Å². The molecule has 1 saturated heterocycles. The molecule has 0 aromatic heterocycles. The molecule has 23 heavy (non-hydrogen) atoms. The maximum absolute atomic E-state index is 12.6. The number of amides is 1. The summed E-state index contributed by atoms with van der Waals surface area (Å²) < 4.78 is 5.21. The molecule has 120 valence electrons. The summed E-state index contributed by atoms with van der Waals surface area (Å²) in [6.07, 6.45) is 3.51. The van der Waals surface area contributed by atoms with E-state index in [-0.39, 0.29) is 11.9 Å². The molecule has 0 N–H and O–H groups in total. The van der Waals surface area contributed by atoms with Gasteiger partial charge in [0.05, 0.1) is 13.2 Å². The number of likely N-dealkylation sites (tertiary alicyclic amines) is 1. The van der Waals surface area contributed by atoms with Gasteiger partial charge in [0.15, 0.2) is 0 Å². The second kappa shape index (κ2) is 7.32. The van der Waals surface area contributed by atoms with Crippen molar-refractivity contribution in [3.05, 3.63) is 65.7 Å². The van der Waals surface area contributed by atoms with Gasteiger partial charge in [0, 0.05) is 13.0 Å². The van der Waals surface area contributed by atoms with E-state index >= 15 is 0 Å². The quantitative estimate of drug-likeness (QED) is 0.835. The molecule has 1 amide bonds. The summed E-state index contributed by atoms with van der Waals surface area (Å²) >= 11 is 0. The van der Waals surface area contributed by atoms with E-state index in [9.17, 15) is 4.79 Å². The third kappa shape index (κ3) is 3.73. The van der Waals surface area contributed by atoms with Crippen LogP contribution in [0.2, 0.25) is 0 Å². The molecule has 3 rings (SSSR count). The molecule has 1 unspecified atom stereocenters. The lowest BCUT2D eigenvalue weighted by atomic mass is 10.0. The van der Waals surface area contributed by atoms with Crippen molar-refractivity contribution in [2.24, 2.45) is 0 Å². The van der Waals surface area contributed by atoms with Crippen molar-refractivity contribution in [1.29, 1.82) is 0 Å². The van der Waals surface area contributed by atoms with Crippen LogP contribution in [-0.2, 0) is 11.2 Å². The standard InChI is InChI=1S/C20H23NO2/c1-23-18-12-10-17(11-13-18)19-8-5-15-21(19)20(22)14-9-16-6-3-2-4-7-16/h2-4,6-7,10-13,19H,5,8-9,14-15H2,1H3. The lowest BCUT2D eigenvalue weighted by Crippen LogP contribution is -2.30. The summed E-state index contributed by atoms with van der Waals surface area (Å²) in [5, 5.41) is 0. The molecule has 1 fully saturated rings. The molecule has 0 aliphatic carbocycles. The fourth-order valence-electron chi connectivity index (χ4n) is 3.28. The second-order valence-electron chi connectivity index (χ2n) is 6.00. The predicted octanol–water partition coefficient (Wildman–Crippen LogP) is 3.99. The van der Waals surface area contributed by atoms with Crippen molar-refractivity contribution in [2.45, 2.75) is 31.7 Å². The minimum absolute atomic E-state index is 0.212. The van der Waals surface area contributed by atoms with Crippen LogP contribution in [0.4, 0.5) is 0 Å². The Kier molecular flexibility index (Phi) is 4.96. The maximum atomic E-state index is 12.6. The van der Waals surface area contributed by atoms with Gasteiger partial charge < -0.3 is 9.64 Å². The fourth-order valence-corrected chi connectivity index (χ4v) is 3.28. The van der Waals surface area contributed by atoms with Crippen molar-refractivity contribution in [3.63, 3.8) is 0 Å². The maximum Gasteiger partial charge on any atom is 0.223 e. The Bertz CT molecular complexity index is 636. The van der Waals surface area contributed by atoms with Crippen LogP contribution < -0.4 is 4.74 Å². The Balaban J connectivity index is 1.64. The highest BCUT2D eigenvalue weighted by Gasteiger charge is 2.29. The largest absolute Gasteiger partial charge is 0.497 e. The molecule has 1 heterocycles. The molecule has 2 aromatic carbocycles. The van der Waals surface area contributed by atoms with Crippen LogP contribution in [0.1, 0.15) is 36.4 Å². The Labute approximate surface area is 137 Å². The van der Waals surface area contributed by atoms with Crippen LogP contribution >= 0.6 is 0 Å². The molecule has 0 spiro atoms. The van der Waals surface area contributed by atoms with E-state index in [1.165, 1.54) is 11.1 Å². The van der Waals surface area contributed by atoms with Crippen LogP contribution in [0, 0.1) is 0 Å². The van der Waals surface area contributed by atoms with Crippen LogP contribution in [0.3, 0.4) is 0 Å². The molecule has 0 radical (unpaired) electrons. The molecule has 0 bridgehead atoms. The van der Waals surface area contributed by atoms with E-state index in [0.29, 0.717) is 6.42 Å². The number of hydrogen-bond acceptors (Lipinski definition) is 2. The van der Waals surface area contributed by atoms with Crippen molar-refractivity contribution in [2.75, 3.05) is 13.7 Å². The zero-order chi connectivity index (χ0) is 16.1. The highest BCUT2D eigenvalue weighted by atomic mass is 16.5. The summed E-state index contributed by atoms with van der Waals surface area (Å²) in [5.41, 5.74) is 2.43. The number of aryl methyl sites for hydroxylation is 1. The molecular weight excluding hydrogens is 286 g/mol. The zero-order valence-corrected chi connectivity index (χ0v) is 13.6. The third-order valence-electron chi connectivity index (χ3n) is 4.54. The number of hydrogen-bond donors (Lipinski definition) is 0.